The number of nitrogens with zero attached hydrogens (tertiary/aromatic N) is 1. The van der Waals surface area contributed by atoms with Crippen molar-refractivity contribution >= 4 is 18.4 Å². The minimum Gasteiger partial charge on any atom is -0.478 e. The van der Waals surface area contributed by atoms with Crippen molar-refractivity contribution in [2.75, 3.05) is 14.1 Å². The third kappa shape index (κ3) is 11.5. The molecule has 0 aliphatic heterocycles. The number of halogens is 1. The maximum atomic E-state index is 10.0. The maximum Gasteiger partial charge on any atom is 0.330 e. The second kappa shape index (κ2) is 11.8. The molecule has 0 aliphatic rings. The Morgan fingerprint density at radius 1 is 1.26 bits per heavy atom. The van der Waals surface area contributed by atoms with Crippen molar-refractivity contribution < 1.29 is 9.90 Å². The molecule has 0 amide bonds. The van der Waals surface area contributed by atoms with Crippen molar-refractivity contribution in [3.05, 3.63) is 47.5 Å². The number of rotatable bonds is 4. The van der Waals surface area contributed by atoms with Crippen LogP contribution in [-0.2, 0) is 11.3 Å². The van der Waals surface area contributed by atoms with Crippen LogP contribution in [0.3, 0.4) is 0 Å². The average Bonchev–Trinajstić information content (AvgIpc) is 2.30. The van der Waals surface area contributed by atoms with Crippen LogP contribution in [0, 0.1) is 0 Å². The molecule has 1 N–H and O–H groups in total. The predicted octanol–water partition coefficient (Wildman–Crippen LogP) is 3.60. The van der Waals surface area contributed by atoms with Crippen LogP contribution >= 0.6 is 12.4 Å². The molecule has 1 aromatic rings. The van der Waals surface area contributed by atoms with Gasteiger partial charge in [-0.25, -0.2) is 4.79 Å². The van der Waals surface area contributed by atoms with Crippen LogP contribution in [-0.4, -0.2) is 30.1 Å². The van der Waals surface area contributed by atoms with Gasteiger partial charge in [0.15, 0.2) is 0 Å². The van der Waals surface area contributed by atoms with Crippen LogP contribution in [0.15, 0.2) is 42.0 Å². The van der Waals surface area contributed by atoms with E-state index in [0.717, 1.165) is 13.0 Å². The van der Waals surface area contributed by atoms with E-state index in [0.29, 0.717) is 5.57 Å². The van der Waals surface area contributed by atoms with Crippen molar-refractivity contribution in [1.29, 1.82) is 0 Å². The number of aliphatic carboxylic acids is 1. The molecule has 19 heavy (non-hydrogen) atoms. The predicted molar refractivity (Wildman–Crippen MR) is 82.8 cm³/mol. The van der Waals surface area contributed by atoms with Crippen molar-refractivity contribution in [1.82, 2.24) is 4.90 Å². The van der Waals surface area contributed by atoms with Gasteiger partial charge in [-0.3, -0.25) is 0 Å². The Hall–Kier alpha value is -1.32. The van der Waals surface area contributed by atoms with Crippen LogP contribution in [0.1, 0.15) is 25.8 Å². The molecule has 0 fully saturated rings. The SMILES string of the molecule is CCC=C(C)C(=O)O.CN(C)Cc1ccccc1.Cl. The first-order valence-corrected chi connectivity index (χ1v) is 6.06. The fourth-order valence-electron chi connectivity index (χ4n) is 1.34. The molecule has 0 saturated carbocycles. The molecule has 0 spiro atoms. The van der Waals surface area contributed by atoms with Gasteiger partial charge in [-0.2, -0.15) is 0 Å². The summed E-state index contributed by atoms with van der Waals surface area (Å²) >= 11 is 0. The highest BCUT2D eigenvalue weighted by Gasteiger charge is 1.95. The lowest BCUT2D eigenvalue weighted by atomic mass is 10.2. The molecule has 1 aromatic carbocycles. The van der Waals surface area contributed by atoms with Gasteiger partial charge in [-0.05, 0) is 33.0 Å². The number of allylic oxidation sites excluding steroid dienone is 1. The van der Waals surface area contributed by atoms with Crippen molar-refractivity contribution in [2.45, 2.75) is 26.8 Å². The second-order valence-electron chi connectivity index (χ2n) is 4.32. The lowest BCUT2D eigenvalue weighted by molar-refractivity contribution is -0.132. The van der Waals surface area contributed by atoms with E-state index in [2.05, 4.69) is 43.3 Å². The summed E-state index contributed by atoms with van der Waals surface area (Å²) in [7, 11) is 4.15. The van der Waals surface area contributed by atoms with E-state index in [1.165, 1.54) is 5.56 Å². The second-order valence-corrected chi connectivity index (χ2v) is 4.32. The zero-order valence-electron chi connectivity index (χ0n) is 12.1. The molecule has 0 unspecified atom stereocenters. The number of carboxylic acid groups (broad SMARTS) is 1. The first kappa shape index (κ1) is 20.0. The van der Waals surface area contributed by atoms with Gasteiger partial charge in [0.05, 0.1) is 0 Å². The molecule has 0 atom stereocenters. The third-order valence-corrected chi connectivity index (χ3v) is 2.19. The monoisotopic (exact) mass is 285 g/mol. The van der Waals surface area contributed by atoms with Crippen LogP contribution in [0.5, 0.6) is 0 Å². The molecule has 3 nitrogen and oxygen atoms in total. The molecule has 1 rings (SSSR count). The molecular formula is C15H24ClNO2. The van der Waals surface area contributed by atoms with Crippen LogP contribution in [0.4, 0.5) is 0 Å². The Morgan fingerprint density at radius 3 is 2.11 bits per heavy atom. The Balaban J connectivity index is 0. The molecular weight excluding hydrogens is 262 g/mol. The van der Waals surface area contributed by atoms with Gasteiger partial charge in [-0.1, -0.05) is 43.3 Å². The van der Waals surface area contributed by atoms with E-state index in [1.807, 2.05) is 13.0 Å². The summed E-state index contributed by atoms with van der Waals surface area (Å²) in [4.78, 5) is 12.2. The molecule has 0 aliphatic carbocycles. The van der Waals surface area contributed by atoms with Crippen LogP contribution in [0.25, 0.3) is 0 Å². The minimum atomic E-state index is -0.827. The normalized spacial score (nSPS) is 10.3. The van der Waals surface area contributed by atoms with E-state index in [-0.39, 0.29) is 12.4 Å². The largest absolute Gasteiger partial charge is 0.478 e. The number of hydrogen-bond acceptors (Lipinski definition) is 2. The fraction of sp³-hybridized carbons (Fsp3) is 0.400. The summed E-state index contributed by atoms with van der Waals surface area (Å²) in [6.45, 7) is 4.53. The van der Waals surface area contributed by atoms with Crippen molar-refractivity contribution in [3.63, 3.8) is 0 Å². The third-order valence-electron chi connectivity index (χ3n) is 2.19. The smallest absolute Gasteiger partial charge is 0.330 e. The topological polar surface area (TPSA) is 40.5 Å². The number of carbonyl (C=O) groups is 1. The van der Waals surface area contributed by atoms with Gasteiger partial charge in [-0.15, -0.1) is 12.4 Å². The lowest BCUT2D eigenvalue weighted by Gasteiger charge is -2.08. The van der Waals surface area contributed by atoms with Gasteiger partial charge in [0.25, 0.3) is 0 Å². The van der Waals surface area contributed by atoms with E-state index in [9.17, 15) is 4.79 Å². The van der Waals surface area contributed by atoms with Gasteiger partial charge in [0.2, 0.25) is 0 Å². The summed E-state index contributed by atoms with van der Waals surface area (Å²) < 4.78 is 0. The minimum absolute atomic E-state index is 0. The Bertz CT molecular complexity index is 375. The van der Waals surface area contributed by atoms with Crippen molar-refractivity contribution in [2.24, 2.45) is 0 Å². The number of benzene rings is 1. The van der Waals surface area contributed by atoms with Gasteiger partial charge < -0.3 is 10.0 Å². The first-order valence-electron chi connectivity index (χ1n) is 6.06. The van der Waals surface area contributed by atoms with E-state index in [1.54, 1.807) is 13.0 Å². The summed E-state index contributed by atoms with van der Waals surface area (Å²) in [5.74, 6) is -0.827. The molecule has 0 aromatic heterocycles. The Morgan fingerprint density at radius 2 is 1.79 bits per heavy atom. The van der Waals surface area contributed by atoms with E-state index >= 15 is 0 Å². The number of hydrogen-bond donors (Lipinski definition) is 1. The highest BCUT2D eigenvalue weighted by Crippen LogP contribution is 1.99. The zero-order chi connectivity index (χ0) is 14.0. The van der Waals surface area contributed by atoms with Crippen LogP contribution in [0.2, 0.25) is 0 Å². The Kier molecular flexibility index (Phi) is 12.4. The van der Waals surface area contributed by atoms with Gasteiger partial charge in [0, 0.05) is 12.1 Å². The lowest BCUT2D eigenvalue weighted by Crippen LogP contribution is -2.10. The number of carboxylic acids is 1. The first-order chi connectivity index (χ1) is 8.47. The zero-order valence-corrected chi connectivity index (χ0v) is 12.9. The Labute approximate surface area is 122 Å². The van der Waals surface area contributed by atoms with Gasteiger partial charge >= 0.3 is 5.97 Å². The highest BCUT2D eigenvalue weighted by atomic mass is 35.5. The van der Waals surface area contributed by atoms with Crippen LogP contribution < -0.4 is 0 Å². The molecule has 0 radical (unpaired) electrons. The summed E-state index contributed by atoms with van der Waals surface area (Å²) in [5.41, 5.74) is 1.79. The van der Waals surface area contributed by atoms with Gasteiger partial charge in [0.1, 0.15) is 0 Å². The maximum absolute atomic E-state index is 10.0. The van der Waals surface area contributed by atoms with Crippen molar-refractivity contribution in [3.8, 4) is 0 Å². The molecule has 0 bridgehead atoms. The summed E-state index contributed by atoms with van der Waals surface area (Å²) in [5, 5.41) is 8.24. The molecule has 108 valence electrons. The highest BCUT2D eigenvalue weighted by molar-refractivity contribution is 5.85. The van der Waals surface area contributed by atoms with E-state index < -0.39 is 5.97 Å². The standard InChI is InChI=1S/C9H13N.C6H10O2.ClH/c1-10(2)8-9-6-4-3-5-7-9;1-3-4-5(2)6(7)8;/h3-7H,8H2,1-2H3;4H,3H2,1-2H3,(H,7,8);1H. The molecule has 0 saturated heterocycles. The summed E-state index contributed by atoms with van der Waals surface area (Å²) in [6, 6.07) is 10.5. The fourth-order valence-corrected chi connectivity index (χ4v) is 1.34. The molecule has 4 heteroatoms. The summed E-state index contributed by atoms with van der Waals surface area (Å²) in [6.07, 6.45) is 2.47. The quantitative estimate of drug-likeness (QED) is 0.860. The van der Waals surface area contributed by atoms with E-state index in [4.69, 9.17) is 5.11 Å². The average molecular weight is 286 g/mol. The molecule has 0 heterocycles.